The van der Waals surface area contributed by atoms with Gasteiger partial charge in [0.05, 0.1) is 0 Å². The Balaban J connectivity index is 1.74. The fourth-order valence-electron chi connectivity index (χ4n) is 3.85. The van der Waals surface area contributed by atoms with Gasteiger partial charge in [-0.15, -0.1) is 0 Å². The quantitative estimate of drug-likeness (QED) is 0.552. The second-order valence-corrected chi connectivity index (χ2v) is 9.16. The van der Waals surface area contributed by atoms with Crippen LogP contribution in [0.25, 0.3) is 6.08 Å². The highest BCUT2D eigenvalue weighted by Crippen LogP contribution is 2.36. The minimum atomic E-state index is 0.409. The first-order valence-electron chi connectivity index (χ1n) is 10.0. The number of rotatable bonds is 7. The van der Waals surface area contributed by atoms with Crippen molar-refractivity contribution in [2.45, 2.75) is 50.5 Å². The van der Waals surface area contributed by atoms with E-state index in [0.717, 1.165) is 13.0 Å². The summed E-state index contributed by atoms with van der Waals surface area (Å²) in [5, 5.41) is 0. The third-order valence-corrected chi connectivity index (χ3v) is 6.10. The molecule has 1 unspecified atom stereocenters. The molecule has 3 heteroatoms. The number of benzene rings is 2. The molecule has 1 N–H and O–H groups in total. The predicted molar refractivity (Wildman–Crippen MR) is 124 cm³/mol. The summed E-state index contributed by atoms with van der Waals surface area (Å²) in [5.41, 5.74) is 8.25. The monoisotopic (exact) mass is 392 g/mol. The Morgan fingerprint density at radius 3 is 2.54 bits per heavy atom. The third kappa shape index (κ3) is 4.89. The van der Waals surface area contributed by atoms with Crippen LogP contribution in [0.5, 0.6) is 0 Å². The van der Waals surface area contributed by atoms with Crippen LogP contribution in [-0.2, 0) is 13.0 Å². The van der Waals surface area contributed by atoms with Crippen molar-refractivity contribution in [2.24, 2.45) is 0 Å². The predicted octanol–water partition coefficient (Wildman–Crippen LogP) is 6.36. The van der Waals surface area contributed by atoms with Crippen LogP contribution in [0.3, 0.4) is 0 Å². The van der Waals surface area contributed by atoms with Gasteiger partial charge in [-0.2, -0.15) is 0 Å². The van der Waals surface area contributed by atoms with Gasteiger partial charge in [0, 0.05) is 29.5 Å². The van der Waals surface area contributed by atoms with Gasteiger partial charge in [-0.05, 0) is 71.9 Å². The SMILES string of the molecule is C=Cc1cc(C(C)C)c2c(c1)C(C)C=C(NSc1ccc(CN(C)C)cc1)C2. The highest BCUT2D eigenvalue weighted by molar-refractivity contribution is 7.97. The molecular formula is C25H32N2S. The maximum atomic E-state index is 3.97. The van der Waals surface area contributed by atoms with E-state index in [1.54, 1.807) is 11.9 Å². The maximum Gasteiger partial charge on any atom is 0.0284 e. The fourth-order valence-corrected chi connectivity index (χ4v) is 4.51. The van der Waals surface area contributed by atoms with Crippen molar-refractivity contribution >= 4 is 18.0 Å². The molecule has 3 rings (SSSR count). The maximum absolute atomic E-state index is 3.97. The van der Waals surface area contributed by atoms with Crippen molar-refractivity contribution in [2.75, 3.05) is 14.1 Å². The summed E-state index contributed by atoms with van der Waals surface area (Å²) in [6.07, 6.45) is 5.30. The lowest BCUT2D eigenvalue weighted by molar-refractivity contribution is 0.402. The molecule has 0 heterocycles. The lowest BCUT2D eigenvalue weighted by Gasteiger charge is -2.27. The van der Waals surface area contributed by atoms with Crippen LogP contribution >= 0.6 is 11.9 Å². The molecule has 28 heavy (non-hydrogen) atoms. The molecule has 2 nitrogen and oxygen atoms in total. The second kappa shape index (κ2) is 9.02. The Bertz CT molecular complexity index is 863. The van der Waals surface area contributed by atoms with E-state index in [2.05, 4.69) is 93.5 Å². The molecule has 2 aromatic rings. The Morgan fingerprint density at radius 1 is 1.21 bits per heavy atom. The van der Waals surface area contributed by atoms with Crippen LogP contribution in [0.15, 0.2) is 59.6 Å². The summed E-state index contributed by atoms with van der Waals surface area (Å²) in [4.78, 5) is 3.43. The van der Waals surface area contributed by atoms with Gasteiger partial charge in [-0.1, -0.05) is 63.8 Å². The minimum absolute atomic E-state index is 0.409. The average molecular weight is 393 g/mol. The van der Waals surface area contributed by atoms with Gasteiger partial charge in [0.1, 0.15) is 0 Å². The normalized spacial score (nSPS) is 16.1. The summed E-state index contributed by atoms with van der Waals surface area (Å²) < 4.78 is 3.61. The van der Waals surface area contributed by atoms with Gasteiger partial charge >= 0.3 is 0 Å². The molecule has 2 aromatic carbocycles. The number of hydrogen-bond donors (Lipinski definition) is 1. The van der Waals surface area contributed by atoms with Crippen LogP contribution in [0.4, 0.5) is 0 Å². The Hall–Kier alpha value is -1.97. The van der Waals surface area contributed by atoms with Gasteiger partial charge in [0.15, 0.2) is 0 Å². The van der Waals surface area contributed by atoms with E-state index >= 15 is 0 Å². The van der Waals surface area contributed by atoms with Gasteiger partial charge in [-0.25, -0.2) is 0 Å². The van der Waals surface area contributed by atoms with Crippen LogP contribution in [0.2, 0.25) is 0 Å². The zero-order valence-corrected chi connectivity index (χ0v) is 18.6. The minimum Gasteiger partial charge on any atom is -0.329 e. The van der Waals surface area contributed by atoms with E-state index in [1.807, 2.05) is 6.08 Å². The largest absolute Gasteiger partial charge is 0.329 e. The van der Waals surface area contributed by atoms with Crippen molar-refractivity contribution in [3.05, 3.63) is 82.6 Å². The average Bonchev–Trinajstić information content (AvgIpc) is 2.66. The standard InChI is InChI=1S/C25H32N2S/c1-7-19-13-23(17(2)3)25-15-21(12-18(4)24(25)14-19)26-28-22-10-8-20(9-11-22)16-27(5)6/h7-14,17-18,26H,1,15-16H2,2-6H3. The van der Waals surface area contributed by atoms with Gasteiger partial charge in [0.25, 0.3) is 0 Å². The molecule has 0 saturated heterocycles. The zero-order chi connectivity index (χ0) is 20.3. The van der Waals surface area contributed by atoms with Crippen molar-refractivity contribution in [3.8, 4) is 0 Å². The van der Waals surface area contributed by atoms with Crippen molar-refractivity contribution in [1.29, 1.82) is 0 Å². The molecule has 0 saturated carbocycles. The molecule has 148 valence electrons. The van der Waals surface area contributed by atoms with Gasteiger partial charge in [0.2, 0.25) is 0 Å². The molecule has 1 aliphatic rings. The molecule has 0 amide bonds. The van der Waals surface area contributed by atoms with Crippen LogP contribution < -0.4 is 4.72 Å². The van der Waals surface area contributed by atoms with Crippen molar-refractivity contribution in [3.63, 3.8) is 0 Å². The highest BCUT2D eigenvalue weighted by Gasteiger charge is 2.22. The molecule has 0 bridgehead atoms. The summed E-state index contributed by atoms with van der Waals surface area (Å²) in [7, 11) is 4.20. The van der Waals surface area contributed by atoms with E-state index in [-0.39, 0.29) is 0 Å². The smallest absolute Gasteiger partial charge is 0.0284 e. The summed E-state index contributed by atoms with van der Waals surface area (Å²) in [6, 6.07) is 13.4. The highest BCUT2D eigenvalue weighted by atomic mass is 32.2. The first kappa shape index (κ1) is 20.8. The Kier molecular flexibility index (Phi) is 6.69. The van der Waals surface area contributed by atoms with E-state index in [0.29, 0.717) is 11.8 Å². The lowest BCUT2D eigenvalue weighted by atomic mass is 9.81. The van der Waals surface area contributed by atoms with E-state index in [9.17, 15) is 0 Å². The number of fused-ring (bicyclic) bond motifs is 1. The number of allylic oxidation sites excluding steroid dienone is 2. The molecule has 0 fully saturated rings. The van der Waals surface area contributed by atoms with E-state index in [1.165, 1.54) is 38.4 Å². The third-order valence-electron chi connectivity index (χ3n) is 5.23. The molecule has 0 aliphatic heterocycles. The topological polar surface area (TPSA) is 15.3 Å². The molecular weight excluding hydrogens is 360 g/mol. The lowest BCUT2D eigenvalue weighted by Crippen LogP contribution is -2.17. The van der Waals surface area contributed by atoms with E-state index < -0.39 is 0 Å². The first-order valence-corrected chi connectivity index (χ1v) is 10.9. The van der Waals surface area contributed by atoms with Crippen molar-refractivity contribution < 1.29 is 0 Å². The van der Waals surface area contributed by atoms with Crippen molar-refractivity contribution in [1.82, 2.24) is 9.62 Å². The number of nitrogens with zero attached hydrogens (tertiary/aromatic N) is 1. The van der Waals surface area contributed by atoms with Crippen LogP contribution in [0.1, 0.15) is 60.4 Å². The fraction of sp³-hybridized carbons (Fsp3) is 0.360. The Morgan fingerprint density at radius 2 is 1.93 bits per heavy atom. The molecule has 0 radical (unpaired) electrons. The molecule has 1 atom stereocenters. The van der Waals surface area contributed by atoms with Gasteiger partial charge in [-0.3, -0.25) is 0 Å². The van der Waals surface area contributed by atoms with Crippen LogP contribution in [-0.4, -0.2) is 19.0 Å². The first-order chi connectivity index (χ1) is 13.4. The molecule has 1 aliphatic carbocycles. The molecule has 0 aromatic heterocycles. The Labute approximate surface area is 174 Å². The van der Waals surface area contributed by atoms with Gasteiger partial charge < -0.3 is 9.62 Å². The second-order valence-electron chi connectivity index (χ2n) is 8.28. The summed E-state index contributed by atoms with van der Waals surface area (Å²) >= 11 is 1.71. The molecule has 0 spiro atoms. The van der Waals surface area contributed by atoms with E-state index in [4.69, 9.17) is 0 Å². The summed E-state index contributed by atoms with van der Waals surface area (Å²) in [5.74, 6) is 0.920. The number of hydrogen-bond acceptors (Lipinski definition) is 3. The summed E-state index contributed by atoms with van der Waals surface area (Å²) in [6.45, 7) is 11.8. The number of nitrogens with one attached hydrogen (secondary N) is 1. The zero-order valence-electron chi connectivity index (χ0n) is 17.8. The van der Waals surface area contributed by atoms with Crippen LogP contribution in [0, 0.1) is 0 Å².